The second-order valence-electron chi connectivity index (χ2n) is 7.90. The van der Waals surface area contributed by atoms with Crippen LogP contribution in [0.2, 0.25) is 0 Å². The Labute approximate surface area is 184 Å². The van der Waals surface area contributed by atoms with Crippen LogP contribution in [0.25, 0.3) is 0 Å². The predicted octanol–water partition coefficient (Wildman–Crippen LogP) is 3.02. The molecule has 8 nitrogen and oxygen atoms in total. The smallest absolute Gasteiger partial charge is 0.262 e. The van der Waals surface area contributed by atoms with Gasteiger partial charge >= 0.3 is 0 Å². The van der Waals surface area contributed by atoms with Crippen LogP contribution in [0, 0.1) is 0 Å². The average molecular weight is 434 g/mol. The van der Waals surface area contributed by atoms with Crippen molar-refractivity contribution in [2.75, 3.05) is 26.0 Å². The topological polar surface area (TPSA) is 105 Å². The van der Waals surface area contributed by atoms with Crippen LogP contribution in [0.4, 0.5) is 5.69 Å². The molecule has 0 aromatic heterocycles. The van der Waals surface area contributed by atoms with Crippen molar-refractivity contribution in [2.24, 2.45) is 0 Å². The van der Waals surface area contributed by atoms with Crippen LogP contribution < -0.4 is 10.6 Å². The van der Waals surface area contributed by atoms with Gasteiger partial charge in [0, 0.05) is 32.8 Å². The number of benzene rings is 1. The molecule has 0 saturated heterocycles. The van der Waals surface area contributed by atoms with Gasteiger partial charge < -0.3 is 20.2 Å². The maximum atomic E-state index is 12.5. The molecule has 1 aromatic carbocycles. The quantitative estimate of drug-likeness (QED) is 0.434. The number of rotatable bonds is 10. The monoisotopic (exact) mass is 433 g/mol. The predicted molar refractivity (Wildman–Crippen MR) is 120 cm³/mol. The molecule has 0 spiro atoms. The standard InChI is InChI=1S/C16H19N3O4.C7H16O/c1-3-18-10-4-6-12-13(8-10)16(23)19(15(12)22)11(9-20)5-7-14(21)17-2;1-5-6-7(2,3)8-4/h4,6,8-9,11,18H,3,5,7H2,1-2H3,(H,17,21);5-6H2,1-4H3. The molecule has 1 heterocycles. The van der Waals surface area contributed by atoms with Gasteiger partial charge in [-0.05, 0) is 51.8 Å². The highest BCUT2D eigenvalue weighted by atomic mass is 16.5. The lowest BCUT2D eigenvalue weighted by molar-refractivity contribution is -0.121. The zero-order valence-electron chi connectivity index (χ0n) is 19.4. The molecule has 3 amide bonds. The molecule has 0 saturated carbocycles. The van der Waals surface area contributed by atoms with Crippen molar-refractivity contribution in [3.63, 3.8) is 0 Å². The van der Waals surface area contributed by atoms with E-state index in [0.29, 0.717) is 12.8 Å². The molecule has 172 valence electrons. The maximum Gasteiger partial charge on any atom is 0.262 e. The molecule has 2 rings (SSSR count). The lowest BCUT2D eigenvalue weighted by Crippen LogP contribution is -2.41. The van der Waals surface area contributed by atoms with E-state index in [4.69, 9.17) is 4.74 Å². The minimum atomic E-state index is -0.942. The van der Waals surface area contributed by atoms with Gasteiger partial charge in [0.25, 0.3) is 11.8 Å². The normalized spacial score (nSPS) is 13.8. The molecule has 31 heavy (non-hydrogen) atoms. The van der Waals surface area contributed by atoms with E-state index in [0.717, 1.165) is 17.0 Å². The summed E-state index contributed by atoms with van der Waals surface area (Å²) in [5.41, 5.74) is 1.39. The minimum absolute atomic E-state index is 0.0654. The van der Waals surface area contributed by atoms with Crippen LogP contribution in [-0.2, 0) is 14.3 Å². The summed E-state index contributed by atoms with van der Waals surface area (Å²) in [7, 11) is 3.25. The Balaban J connectivity index is 0.000000512. The van der Waals surface area contributed by atoms with Gasteiger partial charge in [-0.15, -0.1) is 0 Å². The van der Waals surface area contributed by atoms with Gasteiger partial charge in [-0.2, -0.15) is 0 Å². The van der Waals surface area contributed by atoms with Crippen molar-refractivity contribution in [3.05, 3.63) is 29.3 Å². The number of ether oxygens (including phenoxy) is 1. The summed E-state index contributed by atoms with van der Waals surface area (Å²) in [6.07, 6.45) is 3.05. The SMILES string of the molecule is CCCC(C)(C)OC.CCNc1ccc2c(c1)C(=O)N(C(C=O)CCC(=O)NC)C2=O. The van der Waals surface area contributed by atoms with Gasteiger partial charge in [-0.25, -0.2) is 0 Å². The van der Waals surface area contributed by atoms with Gasteiger partial charge in [-0.3, -0.25) is 19.3 Å². The molecule has 0 bridgehead atoms. The van der Waals surface area contributed by atoms with E-state index >= 15 is 0 Å². The number of fused-ring (bicyclic) bond motifs is 1. The molecular weight excluding hydrogens is 398 g/mol. The Morgan fingerprint density at radius 3 is 2.32 bits per heavy atom. The summed E-state index contributed by atoms with van der Waals surface area (Å²) in [5.74, 6) is -1.25. The first kappa shape index (κ1) is 26.3. The molecule has 1 aliphatic rings. The fourth-order valence-electron chi connectivity index (χ4n) is 3.24. The van der Waals surface area contributed by atoms with Crippen molar-refractivity contribution in [2.45, 2.75) is 65.0 Å². The Bertz CT molecular complexity index is 791. The van der Waals surface area contributed by atoms with Crippen LogP contribution in [-0.4, -0.2) is 61.3 Å². The average Bonchev–Trinajstić information content (AvgIpc) is 2.99. The first-order valence-corrected chi connectivity index (χ1v) is 10.6. The number of hydrogen-bond donors (Lipinski definition) is 2. The summed E-state index contributed by atoms with van der Waals surface area (Å²) in [5, 5.41) is 5.52. The number of amides is 3. The molecule has 2 N–H and O–H groups in total. The number of imide groups is 1. The Morgan fingerprint density at radius 2 is 1.84 bits per heavy atom. The highest BCUT2D eigenvalue weighted by Gasteiger charge is 2.40. The number of nitrogens with one attached hydrogen (secondary N) is 2. The third-order valence-electron chi connectivity index (χ3n) is 5.14. The van der Waals surface area contributed by atoms with Gasteiger partial charge in [0.05, 0.1) is 22.8 Å². The van der Waals surface area contributed by atoms with Crippen LogP contribution in [0.3, 0.4) is 0 Å². The van der Waals surface area contributed by atoms with Gasteiger partial charge in [-0.1, -0.05) is 13.3 Å². The van der Waals surface area contributed by atoms with Crippen LogP contribution in [0.5, 0.6) is 0 Å². The second-order valence-corrected chi connectivity index (χ2v) is 7.90. The van der Waals surface area contributed by atoms with Crippen molar-refractivity contribution in [1.29, 1.82) is 0 Å². The molecular formula is C23H35N3O5. The lowest BCUT2D eigenvalue weighted by Gasteiger charge is -2.21. The number of carbonyl (C=O) groups excluding carboxylic acids is 4. The molecule has 8 heteroatoms. The molecule has 0 fully saturated rings. The molecule has 0 aliphatic carbocycles. The van der Waals surface area contributed by atoms with Gasteiger partial charge in [0.1, 0.15) is 6.29 Å². The number of aldehydes is 1. The fraction of sp³-hybridized carbons (Fsp3) is 0.565. The lowest BCUT2D eigenvalue weighted by atomic mass is 10.0. The maximum absolute atomic E-state index is 12.5. The molecule has 1 unspecified atom stereocenters. The van der Waals surface area contributed by atoms with Crippen LogP contribution in [0.1, 0.15) is 74.1 Å². The van der Waals surface area contributed by atoms with Crippen molar-refractivity contribution >= 4 is 29.7 Å². The Morgan fingerprint density at radius 1 is 1.19 bits per heavy atom. The van der Waals surface area contributed by atoms with E-state index in [-0.39, 0.29) is 35.5 Å². The zero-order chi connectivity index (χ0) is 23.6. The summed E-state index contributed by atoms with van der Waals surface area (Å²) in [6.45, 7) is 9.00. The van der Waals surface area contributed by atoms with E-state index in [1.165, 1.54) is 13.5 Å². The first-order valence-electron chi connectivity index (χ1n) is 10.6. The van der Waals surface area contributed by atoms with E-state index in [2.05, 4.69) is 31.4 Å². The second kappa shape index (κ2) is 12.2. The Hall–Kier alpha value is -2.74. The van der Waals surface area contributed by atoms with E-state index in [1.807, 2.05) is 6.92 Å². The zero-order valence-corrected chi connectivity index (χ0v) is 19.4. The Kier molecular flexibility index (Phi) is 10.3. The molecule has 1 aliphatic heterocycles. The summed E-state index contributed by atoms with van der Waals surface area (Å²) < 4.78 is 5.18. The molecule has 1 atom stereocenters. The minimum Gasteiger partial charge on any atom is -0.385 e. The number of hydrogen-bond acceptors (Lipinski definition) is 6. The fourth-order valence-corrected chi connectivity index (χ4v) is 3.24. The number of methoxy groups -OCH3 is 1. The number of nitrogens with zero attached hydrogens (tertiary/aromatic N) is 1. The van der Waals surface area contributed by atoms with Crippen molar-refractivity contribution < 1.29 is 23.9 Å². The number of carbonyl (C=O) groups is 4. The largest absolute Gasteiger partial charge is 0.385 e. The van der Waals surface area contributed by atoms with Crippen LogP contribution >= 0.6 is 0 Å². The van der Waals surface area contributed by atoms with E-state index < -0.39 is 17.9 Å². The summed E-state index contributed by atoms with van der Waals surface area (Å²) >= 11 is 0. The highest BCUT2D eigenvalue weighted by molar-refractivity contribution is 6.22. The van der Waals surface area contributed by atoms with E-state index in [9.17, 15) is 19.2 Å². The molecule has 0 radical (unpaired) electrons. The number of anilines is 1. The molecule has 1 aromatic rings. The van der Waals surface area contributed by atoms with Crippen molar-refractivity contribution in [3.8, 4) is 0 Å². The summed E-state index contributed by atoms with van der Waals surface area (Å²) in [4.78, 5) is 48.5. The summed E-state index contributed by atoms with van der Waals surface area (Å²) in [6, 6.07) is 3.97. The van der Waals surface area contributed by atoms with Crippen molar-refractivity contribution in [1.82, 2.24) is 10.2 Å². The third-order valence-corrected chi connectivity index (χ3v) is 5.14. The highest BCUT2D eigenvalue weighted by Crippen LogP contribution is 2.28. The van der Waals surface area contributed by atoms with Gasteiger partial charge in [0.2, 0.25) is 5.91 Å². The third kappa shape index (κ3) is 7.17. The first-order chi connectivity index (χ1) is 14.6. The van der Waals surface area contributed by atoms with E-state index in [1.54, 1.807) is 25.3 Å². The van der Waals surface area contributed by atoms with Gasteiger partial charge in [0.15, 0.2) is 0 Å². The van der Waals surface area contributed by atoms with Crippen LogP contribution in [0.15, 0.2) is 18.2 Å².